The minimum Gasteiger partial charge on any atom is -0.426 e. The van der Waals surface area contributed by atoms with E-state index in [4.69, 9.17) is 9.47 Å². The average Bonchev–Trinajstić information content (AvgIpc) is 3.11. The molecule has 2 bridgehead atoms. The smallest absolute Gasteiger partial charge is 0.426 e. The van der Waals surface area contributed by atoms with Crippen LogP contribution in [0.25, 0.3) is 21.5 Å². The second-order valence-corrected chi connectivity index (χ2v) is 8.03. The fourth-order valence-corrected chi connectivity index (χ4v) is 5.59. The highest BCUT2D eigenvalue weighted by atomic mass is 16.8. The summed E-state index contributed by atoms with van der Waals surface area (Å²) in [5.74, 6) is 0.0621. The molecule has 3 nitrogen and oxygen atoms in total. The molecule has 0 aromatic heterocycles. The molecule has 8 rings (SSSR count). The summed E-state index contributed by atoms with van der Waals surface area (Å²) in [6.45, 7) is 0. The van der Waals surface area contributed by atoms with Gasteiger partial charge in [-0.2, -0.15) is 0 Å². The van der Waals surface area contributed by atoms with Crippen molar-refractivity contribution < 1.29 is 14.3 Å². The summed E-state index contributed by atoms with van der Waals surface area (Å²) in [6.07, 6.45) is -1.02. The van der Waals surface area contributed by atoms with E-state index < -0.39 is 6.16 Å². The molecule has 0 amide bonds. The minimum absolute atomic E-state index is 0.0310. The normalized spacial score (nSPS) is 26.5. The van der Waals surface area contributed by atoms with Gasteiger partial charge in [-0.25, -0.2) is 4.79 Å². The van der Waals surface area contributed by atoms with Crippen molar-refractivity contribution in [2.24, 2.45) is 0 Å². The van der Waals surface area contributed by atoms with Gasteiger partial charge in [-0.3, -0.25) is 0 Å². The van der Waals surface area contributed by atoms with E-state index >= 15 is 0 Å². The van der Waals surface area contributed by atoms with E-state index in [1.54, 1.807) is 0 Å². The lowest BCUT2D eigenvalue weighted by Crippen LogP contribution is -2.45. The number of carbonyl (C=O) groups is 1. The Hall–Kier alpha value is -3.33. The predicted molar refractivity (Wildman–Crippen MR) is 107 cm³/mol. The van der Waals surface area contributed by atoms with Crippen LogP contribution in [0.2, 0.25) is 0 Å². The van der Waals surface area contributed by atoms with Gasteiger partial charge in [0.2, 0.25) is 0 Å². The Morgan fingerprint density at radius 3 is 1.50 bits per heavy atom. The van der Waals surface area contributed by atoms with Gasteiger partial charge in [0, 0.05) is 0 Å². The Morgan fingerprint density at radius 2 is 1.00 bits per heavy atom. The number of hydrogen-bond donors (Lipinski definition) is 0. The molecule has 0 radical (unpaired) electrons. The topological polar surface area (TPSA) is 35.5 Å². The van der Waals surface area contributed by atoms with Crippen molar-refractivity contribution in [2.75, 3.05) is 0 Å². The van der Waals surface area contributed by atoms with Gasteiger partial charge in [0.25, 0.3) is 0 Å². The molecule has 1 aliphatic heterocycles. The summed E-state index contributed by atoms with van der Waals surface area (Å²) in [5, 5.41) is 4.93. The molecule has 1 fully saturated rings. The van der Waals surface area contributed by atoms with E-state index in [0.717, 1.165) is 0 Å². The highest BCUT2D eigenvalue weighted by Gasteiger charge is 2.57. The largest absolute Gasteiger partial charge is 0.509 e. The Morgan fingerprint density at radius 1 is 0.536 bits per heavy atom. The van der Waals surface area contributed by atoms with E-state index in [1.165, 1.54) is 43.8 Å². The van der Waals surface area contributed by atoms with Gasteiger partial charge in [-0.1, -0.05) is 60.7 Å². The molecular weight excluding hydrogens is 348 g/mol. The Labute approximate surface area is 161 Å². The average molecular weight is 364 g/mol. The van der Waals surface area contributed by atoms with Crippen molar-refractivity contribution in [2.45, 2.75) is 24.0 Å². The highest BCUT2D eigenvalue weighted by Crippen LogP contribution is 2.57. The summed E-state index contributed by atoms with van der Waals surface area (Å²) in [6, 6.07) is 26.0. The van der Waals surface area contributed by atoms with Crippen LogP contribution >= 0.6 is 0 Å². The Kier molecular flexibility index (Phi) is 2.59. The van der Waals surface area contributed by atoms with Gasteiger partial charge in [0.15, 0.2) is 12.2 Å². The molecule has 0 spiro atoms. The standard InChI is InChI=1S/C25H16O3/c26-25-27-23-21-17-7-3-4-8-18(17)22(24(23)28-25)20-12-16-10-14-6-2-1-5-13(14)9-15(16)11-19(20)21/h1-12,21-24H/t21-,22+,23?,24?. The fraction of sp³-hybridized carbons (Fsp3) is 0.160. The van der Waals surface area contributed by atoms with Gasteiger partial charge in [0.05, 0.1) is 11.8 Å². The first-order valence-corrected chi connectivity index (χ1v) is 9.70. The molecule has 4 aromatic carbocycles. The number of benzene rings is 4. The number of carbonyl (C=O) groups excluding carboxylic acids is 1. The van der Waals surface area contributed by atoms with Gasteiger partial charge < -0.3 is 9.47 Å². The van der Waals surface area contributed by atoms with Crippen molar-refractivity contribution in [3.63, 3.8) is 0 Å². The second kappa shape index (κ2) is 4.93. The lowest BCUT2D eigenvalue weighted by atomic mass is 9.61. The van der Waals surface area contributed by atoms with E-state index in [0.29, 0.717) is 0 Å². The van der Waals surface area contributed by atoms with Crippen molar-refractivity contribution in [3.8, 4) is 0 Å². The number of hydrogen-bond acceptors (Lipinski definition) is 3. The predicted octanol–water partition coefficient (Wildman–Crippen LogP) is 5.49. The lowest BCUT2D eigenvalue weighted by molar-refractivity contribution is 0.103. The maximum absolute atomic E-state index is 12.0. The molecule has 3 heteroatoms. The number of ether oxygens (including phenoxy) is 2. The molecule has 2 unspecified atom stereocenters. The summed E-state index contributed by atoms with van der Waals surface area (Å²) in [5.41, 5.74) is 5.07. The third kappa shape index (κ3) is 1.72. The quantitative estimate of drug-likeness (QED) is 0.306. The minimum atomic E-state index is -0.541. The van der Waals surface area contributed by atoms with Crippen LogP contribution in [-0.4, -0.2) is 18.4 Å². The first kappa shape index (κ1) is 14.7. The van der Waals surface area contributed by atoms with Crippen molar-refractivity contribution in [3.05, 3.63) is 95.1 Å². The Bertz CT molecular complexity index is 1220. The van der Waals surface area contributed by atoms with Crippen molar-refractivity contribution in [1.82, 2.24) is 0 Å². The fourth-order valence-electron chi connectivity index (χ4n) is 5.59. The SMILES string of the molecule is O=C1OC2C(O1)[C@H]1c3ccccc3[C@@H]2c2cc3cc4ccccc4cc3cc21. The van der Waals surface area contributed by atoms with Crippen LogP contribution in [0.15, 0.2) is 72.8 Å². The molecule has 3 aliphatic carbocycles. The summed E-state index contributed by atoms with van der Waals surface area (Å²) in [7, 11) is 0. The Balaban J connectivity index is 1.55. The molecule has 134 valence electrons. The molecule has 4 atom stereocenters. The summed E-state index contributed by atoms with van der Waals surface area (Å²) in [4.78, 5) is 12.0. The van der Waals surface area contributed by atoms with Gasteiger partial charge in [0.1, 0.15) is 0 Å². The lowest BCUT2D eigenvalue weighted by Gasteiger charge is -2.45. The van der Waals surface area contributed by atoms with E-state index in [1.807, 2.05) is 0 Å². The summed E-state index contributed by atoms with van der Waals surface area (Å²) >= 11 is 0. The van der Waals surface area contributed by atoms with Crippen LogP contribution in [0.1, 0.15) is 34.1 Å². The number of rotatable bonds is 0. The first-order chi connectivity index (χ1) is 13.8. The zero-order valence-corrected chi connectivity index (χ0v) is 15.0. The van der Waals surface area contributed by atoms with Crippen molar-refractivity contribution >= 4 is 27.7 Å². The number of fused-ring (bicyclic) bond motifs is 2. The van der Waals surface area contributed by atoms with Gasteiger partial charge in [-0.15, -0.1) is 0 Å². The maximum Gasteiger partial charge on any atom is 0.509 e. The highest BCUT2D eigenvalue weighted by molar-refractivity contribution is 5.99. The van der Waals surface area contributed by atoms with Crippen LogP contribution in [-0.2, 0) is 9.47 Å². The molecule has 1 saturated heterocycles. The van der Waals surface area contributed by atoms with E-state index in [9.17, 15) is 4.79 Å². The van der Waals surface area contributed by atoms with Crippen LogP contribution in [0.4, 0.5) is 4.79 Å². The van der Waals surface area contributed by atoms with Crippen LogP contribution < -0.4 is 0 Å². The molecule has 4 aliphatic rings. The molecule has 1 heterocycles. The van der Waals surface area contributed by atoms with Crippen LogP contribution in [0.3, 0.4) is 0 Å². The van der Waals surface area contributed by atoms with Crippen LogP contribution in [0, 0.1) is 0 Å². The molecule has 4 aromatic rings. The monoisotopic (exact) mass is 364 g/mol. The summed E-state index contributed by atoms with van der Waals surface area (Å²) < 4.78 is 11.3. The van der Waals surface area contributed by atoms with E-state index in [2.05, 4.69) is 72.8 Å². The maximum atomic E-state index is 12.0. The second-order valence-electron chi connectivity index (χ2n) is 8.03. The van der Waals surface area contributed by atoms with Crippen molar-refractivity contribution in [1.29, 1.82) is 0 Å². The van der Waals surface area contributed by atoms with Gasteiger partial charge in [-0.05, 0) is 55.9 Å². The van der Waals surface area contributed by atoms with Gasteiger partial charge >= 0.3 is 6.16 Å². The zero-order chi connectivity index (χ0) is 18.4. The molecule has 28 heavy (non-hydrogen) atoms. The molecule has 0 N–H and O–H groups in total. The zero-order valence-electron chi connectivity index (χ0n) is 15.0. The third-order valence-corrected chi connectivity index (χ3v) is 6.69. The van der Waals surface area contributed by atoms with Crippen LogP contribution in [0.5, 0.6) is 0 Å². The molecular formula is C25H16O3. The third-order valence-electron chi connectivity index (χ3n) is 6.69. The molecule has 0 saturated carbocycles. The first-order valence-electron chi connectivity index (χ1n) is 9.70. The van der Waals surface area contributed by atoms with E-state index in [-0.39, 0.29) is 24.0 Å².